The summed E-state index contributed by atoms with van der Waals surface area (Å²) in [6, 6.07) is 21.2. The monoisotopic (exact) mass is 310 g/mol. The van der Waals surface area contributed by atoms with Crippen LogP contribution in [0, 0.1) is 11.8 Å². The summed E-state index contributed by atoms with van der Waals surface area (Å²) in [4.78, 5) is 0. The van der Waals surface area contributed by atoms with Crippen molar-refractivity contribution in [2.24, 2.45) is 23.3 Å². The molecule has 0 spiro atoms. The molecule has 2 rings (SSSR count). The minimum Gasteiger partial charge on any atom is -0.330 e. The molecule has 124 valence electrons. The van der Waals surface area contributed by atoms with Gasteiger partial charge in [0.1, 0.15) is 0 Å². The molecule has 0 heterocycles. The maximum Gasteiger partial charge on any atom is 0.0419 e. The molecule has 4 N–H and O–H groups in total. The van der Waals surface area contributed by atoms with Gasteiger partial charge in [-0.3, -0.25) is 0 Å². The third kappa shape index (κ3) is 3.06. The minimum absolute atomic E-state index is 0.243. The third-order valence-corrected chi connectivity index (χ3v) is 5.09. The van der Waals surface area contributed by atoms with Crippen LogP contribution in [-0.2, 0) is 5.41 Å². The van der Waals surface area contributed by atoms with Crippen LogP contribution in [0.2, 0.25) is 0 Å². The van der Waals surface area contributed by atoms with Crippen LogP contribution in [0.15, 0.2) is 60.7 Å². The molecule has 2 heteroatoms. The SMILES string of the molecule is CC(C)C(CN)C(c1ccccc1)(c1ccccc1)C(C)(C)N. The summed E-state index contributed by atoms with van der Waals surface area (Å²) in [5.74, 6) is 0.663. The van der Waals surface area contributed by atoms with Gasteiger partial charge in [0.2, 0.25) is 0 Å². The Balaban J connectivity index is 2.85. The third-order valence-electron chi connectivity index (χ3n) is 5.09. The van der Waals surface area contributed by atoms with Crippen LogP contribution in [0.25, 0.3) is 0 Å². The van der Waals surface area contributed by atoms with E-state index in [9.17, 15) is 0 Å². The van der Waals surface area contributed by atoms with Gasteiger partial charge in [0.25, 0.3) is 0 Å². The molecule has 1 unspecified atom stereocenters. The zero-order valence-corrected chi connectivity index (χ0v) is 14.8. The topological polar surface area (TPSA) is 52.0 Å². The van der Waals surface area contributed by atoms with E-state index >= 15 is 0 Å². The van der Waals surface area contributed by atoms with E-state index in [4.69, 9.17) is 11.5 Å². The van der Waals surface area contributed by atoms with Gasteiger partial charge >= 0.3 is 0 Å². The normalized spacial score (nSPS) is 14.0. The van der Waals surface area contributed by atoms with Gasteiger partial charge in [-0.05, 0) is 43.4 Å². The van der Waals surface area contributed by atoms with Crippen LogP contribution in [0.1, 0.15) is 38.8 Å². The maximum absolute atomic E-state index is 6.84. The van der Waals surface area contributed by atoms with Crippen molar-refractivity contribution in [1.29, 1.82) is 0 Å². The first kappa shape index (κ1) is 17.7. The number of benzene rings is 2. The first-order valence-electron chi connectivity index (χ1n) is 8.45. The second-order valence-electron chi connectivity index (χ2n) is 7.35. The molecule has 0 fully saturated rings. The molecule has 0 saturated heterocycles. The van der Waals surface area contributed by atoms with Crippen LogP contribution in [-0.4, -0.2) is 12.1 Å². The molecule has 0 amide bonds. The number of hydrogen-bond acceptors (Lipinski definition) is 2. The van der Waals surface area contributed by atoms with Gasteiger partial charge in [0, 0.05) is 11.0 Å². The predicted octanol–water partition coefficient (Wildman–Crippen LogP) is 3.94. The Morgan fingerprint density at radius 1 is 0.826 bits per heavy atom. The van der Waals surface area contributed by atoms with E-state index in [2.05, 4.69) is 88.4 Å². The molecular formula is C21H30N2. The van der Waals surface area contributed by atoms with E-state index in [1.54, 1.807) is 0 Å². The van der Waals surface area contributed by atoms with Gasteiger partial charge in [-0.1, -0.05) is 74.5 Å². The second kappa shape index (κ2) is 6.86. The first-order valence-corrected chi connectivity index (χ1v) is 8.45. The molecule has 0 bridgehead atoms. The van der Waals surface area contributed by atoms with Crippen LogP contribution < -0.4 is 11.5 Å². The zero-order chi connectivity index (χ0) is 17.1. The molecule has 23 heavy (non-hydrogen) atoms. The van der Waals surface area contributed by atoms with E-state index in [0.29, 0.717) is 12.5 Å². The van der Waals surface area contributed by atoms with Crippen molar-refractivity contribution in [3.63, 3.8) is 0 Å². The lowest BCUT2D eigenvalue weighted by atomic mass is 9.54. The highest BCUT2D eigenvalue weighted by atomic mass is 14.8. The quantitative estimate of drug-likeness (QED) is 0.849. The molecule has 1 atom stereocenters. The number of hydrogen-bond donors (Lipinski definition) is 2. The lowest BCUT2D eigenvalue weighted by molar-refractivity contribution is 0.163. The van der Waals surface area contributed by atoms with Crippen molar-refractivity contribution in [3.05, 3.63) is 71.8 Å². The van der Waals surface area contributed by atoms with E-state index in [1.807, 2.05) is 0 Å². The Morgan fingerprint density at radius 3 is 1.48 bits per heavy atom. The van der Waals surface area contributed by atoms with E-state index in [0.717, 1.165) is 0 Å². The highest BCUT2D eigenvalue weighted by Gasteiger charge is 2.51. The Hall–Kier alpha value is -1.64. The molecule has 0 saturated carbocycles. The van der Waals surface area contributed by atoms with E-state index in [1.165, 1.54) is 11.1 Å². The molecule has 0 aromatic heterocycles. The number of nitrogens with two attached hydrogens (primary N) is 2. The van der Waals surface area contributed by atoms with Crippen molar-refractivity contribution in [2.75, 3.05) is 6.54 Å². The summed E-state index contributed by atoms with van der Waals surface area (Å²) in [5.41, 5.74) is 14.8. The highest BCUT2D eigenvalue weighted by Crippen LogP contribution is 2.48. The Kier molecular flexibility index (Phi) is 5.28. The summed E-state index contributed by atoms with van der Waals surface area (Å²) in [6.07, 6.45) is 0. The molecule has 2 aromatic rings. The van der Waals surface area contributed by atoms with Crippen molar-refractivity contribution < 1.29 is 0 Å². The lowest BCUT2D eigenvalue weighted by Crippen LogP contribution is -2.61. The van der Waals surface area contributed by atoms with Crippen LogP contribution in [0.4, 0.5) is 0 Å². The molecule has 0 aliphatic heterocycles. The zero-order valence-electron chi connectivity index (χ0n) is 14.8. The average molecular weight is 310 g/mol. The molecule has 2 nitrogen and oxygen atoms in total. The van der Waals surface area contributed by atoms with Crippen molar-refractivity contribution in [1.82, 2.24) is 0 Å². The summed E-state index contributed by atoms with van der Waals surface area (Å²) >= 11 is 0. The smallest absolute Gasteiger partial charge is 0.0419 e. The lowest BCUT2D eigenvalue weighted by Gasteiger charge is -2.52. The fourth-order valence-electron chi connectivity index (χ4n) is 4.17. The van der Waals surface area contributed by atoms with Gasteiger partial charge in [-0.25, -0.2) is 0 Å². The van der Waals surface area contributed by atoms with Crippen molar-refractivity contribution >= 4 is 0 Å². The minimum atomic E-state index is -0.454. The summed E-state index contributed by atoms with van der Waals surface area (Å²) in [7, 11) is 0. The molecule has 0 radical (unpaired) electrons. The van der Waals surface area contributed by atoms with Crippen LogP contribution in [0.3, 0.4) is 0 Å². The van der Waals surface area contributed by atoms with Gasteiger partial charge in [0.05, 0.1) is 0 Å². The van der Waals surface area contributed by atoms with Crippen molar-refractivity contribution in [3.8, 4) is 0 Å². The van der Waals surface area contributed by atoms with Crippen LogP contribution >= 0.6 is 0 Å². The molecular weight excluding hydrogens is 280 g/mol. The second-order valence-corrected chi connectivity index (χ2v) is 7.35. The molecule has 0 aliphatic rings. The summed E-state index contributed by atoms with van der Waals surface area (Å²) < 4.78 is 0. The average Bonchev–Trinajstić information content (AvgIpc) is 2.52. The maximum atomic E-state index is 6.84. The van der Waals surface area contributed by atoms with Gasteiger partial charge < -0.3 is 11.5 Å². The predicted molar refractivity (Wildman–Crippen MR) is 99.3 cm³/mol. The van der Waals surface area contributed by atoms with Gasteiger partial charge in [-0.15, -0.1) is 0 Å². The van der Waals surface area contributed by atoms with E-state index in [-0.39, 0.29) is 11.3 Å². The van der Waals surface area contributed by atoms with Crippen molar-refractivity contribution in [2.45, 2.75) is 38.6 Å². The largest absolute Gasteiger partial charge is 0.330 e. The van der Waals surface area contributed by atoms with E-state index < -0.39 is 5.54 Å². The molecule has 2 aromatic carbocycles. The standard InChI is InChI=1S/C21H30N2/c1-16(2)19(15-22)21(20(3,4)23,17-11-7-5-8-12-17)18-13-9-6-10-14-18/h5-14,16,19H,15,22-23H2,1-4H3. The molecule has 0 aliphatic carbocycles. The number of rotatable bonds is 6. The highest BCUT2D eigenvalue weighted by molar-refractivity contribution is 5.45. The summed E-state index contributed by atoms with van der Waals surface area (Å²) in [5, 5.41) is 0. The first-order chi connectivity index (χ1) is 10.9. The Morgan fingerprint density at radius 2 is 1.22 bits per heavy atom. The Bertz CT molecular complexity index is 557. The van der Waals surface area contributed by atoms with Gasteiger partial charge in [-0.2, -0.15) is 0 Å². The van der Waals surface area contributed by atoms with Crippen LogP contribution in [0.5, 0.6) is 0 Å². The Labute approximate surface area is 140 Å². The fourth-order valence-corrected chi connectivity index (χ4v) is 4.17. The van der Waals surface area contributed by atoms with Gasteiger partial charge in [0.15, 0.2) is 0 Å². The summed E-state index contributed by atoms with van der Waals surface area (Å²) in [6.45, 7) is 9.33. The fraction of sp³-hybridized carbons (Fsp3) is 0.429.